The second kappa shape index (κ2) is 8.88. The molecule has 0 aliphatic carbocycles. The number of rotatable bonds is 3. The first-order valence-electron chi connectivity index (χ1n) is 10.9. The van der Waals surface area contributed by atoms with Gasteiger partial charge in [0.05, 0.1) is 23.6 Å². The molecular weight excluding hydrogens is 485 g/mol. The molecule has 0 spiro atoms. The predicted molar refractivity (Wildman–Crippen MR) is 123 cm³/mol. The maximum Gasteiger partial charge on any atom is 0.408 e. The number of nitrogens with zero attached hydrogens (tertiary/aromatic N) is 6. The number of fused-ring (bicyclic) bond motifs is 1. The first-order valence-corrected chi connectivity index (χ1v) is 11.2. The molecular formula is C23H20ClF3N6O2. The van der Waals surface area contributed by atoms with Gasteiger partial charge in [-0.15, -0.1) is 0 Å². The van der Waals surface area contributed by atoms with E-state index in [9.17, 15) is 18.0 Å². The maximum absolute atomic E-state index is 14.1. The minimum absolute atomic E-state index is 0.00982. The van der Waals surface area contributed by atoms with Gasteiger partial charge in [0, 0.05) is 24.7 Å². The monoisotopic (exact) mass is 504 g/mol. The van der Waals surface area contributed by atoms with Crippen LogP contribution in [-0.2, 0) is 0 Å². The molecule has 12 heteroatoms. The lowest BCUT2D eigenvalue weighted by molar-refractivity contribution is -0.176. The summed E-state index contributed by atoms with van der Waals surface area (Å²) in [6, 6.07) is 8.07. The van der Waals surface area contributed by atoms with E-state index in [1.807, 2.05) is 0 Å². The number of anilines is 1. The first-order chi connectivity index (χ1) is 16.7. The number of benzene rings is 2. The highest BCUT2D eigenvalue weighted by molar-refractivity contribution is 6.31. The summed E-state index contributed by atoms with van der Waals surface area (Å²) in [4.78, 5) is 21.7. The van der Waals surface area contributed by atoms with Crippen molar-refractivity contribution in [1.82, 2.24) is 24.9 Å². The van der Waals surface area contributed by atoms with Gasteiger partial charge in [0.1, 0.15) is 11.6 Å². The van der Waals surface area contributed by atoms with Crippen molar-refractivity contribution in [1.29, 1.82) is 0 Å². The molecule has 0 unspecified atom stereocenters. The van der Waals surface area contributed by atoms with Crippen molar-refractivity contribution in [3.05, 3.63) is 64.9 Å². The van der Waals surface area contributed by atoms with Gasteiger partial charge < -0.3 is 14.2 Å². The molecule has 5 rings (SSSR count). The Labute approximate surface area is 202 Å². The highest BCUT2D eigenvalue weighted by Crippen LogP contribution is 2.33. The number of aryl methyl sites for hydroxylation is 1. The Bertz CT molecular complexity index is 1370. The lowest BCUT2D eigenvalue weighted by atomic mass is 10.1. The lowest BCUT2D eigenvalue weighted by Gasteiger charge is -2.31. The number of carbonyl (C=O) groups is 1. The van der Waals surface area contributed by atoms with Crippen molar-refractivity contribution in [2.24, 2.45) is 0 Å². The fourth-order valence-corrected chi connectivity index (χ4v) is 4.39. The molecule has 4 aromatic rings. The summed E-state index contributed by atoms with van der Waals surface area (Å²) in [5.74, 6) is -0.741. The fraction of sp³-hybridized carbons (Fsp3) is 0.304. The third-order valence-corrected chi connectivity index (χ3v) is 6.16. The first kappa shape index (κ1) is 23.2. The fourth-order valence-electron chi connectivity index (χ4n) is 4.22. The van der Waals surface area contributed by atoms with E-state index >= 15 is 0 Å². The Morgan fingerprint density at radius 3 is 2.60 bits per heavy atom. The molecule has 35 heavy (non-hydrogen) atoms. The van der Waals surface area contributed by atoms with Crippen molar-refractivity contribution in [2.45, 2.75) is 25.6 Å². The van der Waals surface area contributed by atoms with Crippen LogP contribution in [0.25, 0.3) is 16.8 Å². The number of alkyl halides is 3. The molecule has 1 aliphatic heterocycles. The number of oxazole rings is 1. The third kappa shape index (κ3) is 4.55. The largest absolute Gasteiger partial charge is 0.423 e. The summed E-state index contributed by atoms with van der Waals surface area (Å²) in [6.45, 7) is 1.71. The summed E-state index contributed by atoms with van der Waals surface area (Å²) in [5.41, 5.74) is 2.12. The van der Waals surface area contributed by atoms with Crippen LogP contribution in [0.2, 0.25) is 5.02 Å². The van der Waals surface area contributed by atoms with E-state index in [1.54, 1.807) is 48.2 Å². The standard InChI is InChI=1S/C23H20ClF3N6O2/c1-14-2-4-18(33-28-7-8-29-33)16(12-14)21(34)32-11-10-31(9-6-20(32)23(25,26)27)22-30-17-13-15(24)3-5-19(17)35-22/h2-5,7-8,12-13,20H,6,9-11H2,1H3/t20-/m1/s1. The van der Waals surface area contributed by atoms with Crippen molar-refractivity contribution in [3.63, 3.8) is 0 Å². The van der Waals surface area contributed by atoms with Gasteiger partial charge in [-0.1, -0.05) is 23.2 Å². The van der Waals surface area contributed by atoms with Gasteiger partial charge in [-0.25, -0.2) is 0 Å². The Morgan fingerprint density at radius 1 is 1.09 bits per heavy atom. The van der Waals surface area contributed by atoms with Gasteiger partial charge >= 0.3 is 6.18 Å². The Morgan fingerprint density at radius 2 is 1.86 bits per heavy atom. The van der Waals surface area contributed by atoms with E-state index in [2.05, 4.69) is 15.2 Å². The van der Waals surface area contributed by atoms with Crippen LogP contribution in [0.4, 0.5) is 19.2 Å². The van der Waals surface area contributed by atoms with E-state index in [-0.39, 0.29) is 37.6 Å². The van der Waals surface area contributed by atoms with Gasteiger partial charge in [0.15, 0.2) is 5.58 Å². The summed E-state index contributed by atoms with van der Waals surface area (Å²) in [6.07, 6.45) is -2.09. The molecule has 182 valence electrons. The third-order valence-electron chi connectivity index (χ3n) is 5.92. The normalized spacial score (nSPS) is 17.1. The molecule has 2 aromatic carbocycles. The highest BCUT2D eigenvalue weighted by Gasteiger charge is 2.47. The zero-order chi connectivity index (χ0) is 24.7. The van der Waals surface area contributed by atoms with E-state index in [0.717, 1.165) is 10.5 Å². The van der Waals surface area contributed by atoms with Crippen LogP contribution < -0.4 is 4.90 Å². The smallest absolute Gasteiger partial charge is 0.408 e. The summed E-state index contributed by atoms with van der Waals surface area (Å²) in [7, 11) is 0. The molecule has 1 fully saturated rings. The zero-order valence-corrected chi connectivity index (χ0v) is 19.3. The van der Waals surface area contributed by atoms with Crippen molar-refractivity contribution in [2.75, 3.05) is 24.5 Å². The molecule has 0 N–H and O–H groups in total. The second-order valence-electron chi connectivity index (χ2n) is 8.28. The van der Waals surface area contributed by atoms with E-state index in [0.29, 0.717) is 21.8 Å². The molecule has 3 heterocycles. The maximum atomic E-state index is 14.1. The van der Waals surface area contributed by atoms with E-state index in [1.165, 1.54) is 17.2 Å². The van der Waals surface area contributed by atoms with Crippen molar-refractivity contribution < 1.29 is 22.4 Å². The minimum Gasteiger partial charge on any atom is -0.423 e. The second-order valence-corrected chi connectivity index (χ2v) is 8.72. The van der Waals surface area contributed by atoms with Gasteiger partial charge in [-0.05, 0) is 43.7 Å². The molecule has 1 amide bonds. The minimum atomic E-state index is -4.62. The number of aromatic nitrogens is 4. The summed E-state index contributed by atoms with van der Waals surface area (Å²) < 4.78 is 48.2. The SMILES string of the molecule is Cc1ccc(-n2nccn2)c(C(=O)N2CCN(c3nc4cc(Cl)ccc4o3)CC[C@@H]2C(F)(F)F)c1. The van der Waals surface area contributed by atoms with Crippen LogP contribution >= 0.6 is 11.6 Å². The molecule has 1 aliphatic rings. The van der Waals surface area contributed by atoms with Crippen LogP contribution in [0.5, 0.6) is 0 Å². The topological polar surface area (TPSA) is 80.3 Å². The van der Waals surface area contributed by atoms with E-state index < -0.39 is 18.1 Å². The number of halogens is 4. The highest BCUT2D eigenvalue weighted by atomic mass is 35.5. The molecule has 0 radical (unpaired) electrons. The molecule has 0 saturated carbocycles. The Hall–Kier alpha value is -3.60. The average Bonchev–Trinajstić information content (AvgIpc) is 3.42. The van der Waals surface area contributed by atoms with Crippen LogP contribution in [0.1, 0.15) is 22.3 Å². The number of hydrogen-bond acceptors (Lipinski definition) is 6. The van der Waals surface area contributed by atoms with E-state index in [4.69, 9.17) is 16.0 Å². The van der Waals surface area contributed by atoms with Gasteiger partial charge in [-0.3, -0.25) is 4.79 Å². The van der Waals surface area contributed by atoms with Crippen LogP contribution in [0, 0.1) is 6.92 Å². The molecule has 0 bridgehead atoms. The van der Waals surface area contributed by atoms with Crippen molar-refractivity contribution in [3.8, 4) is 5.69 Å². The molecule has 1 saturated heterocycles. The van der Waals surface area contributed by atoms with Gasteiger partial charge in [0.25, 0.3) is 11.9 Å². The Kier molecular flexibility index (Phi) is 5.87. The van der Waals surface area contributed by atoms with Crippen LogP contribution in [-0.4, -0.2) is 62.6 Å². The van der Waals surface area contributed by atoms with Crippen LogP contribution in [0.3, 0.4) is 0 Å². The average molecular weight is 505 g/mol. The zero-order valence-electron chi connectivity index (χ0n) is 18.5. The molecule has 8 nitrogen and oxygen atoms in total. The summed E-state index contributed by atoms with van der Waals surface area (Å²) in [5, 5.41) is 8.56. The quantitative estimate of drug-likeness (QED) is 0.404. The number of hydrogen-bond donors (Lipinski definition) is 0. The Balaban J connectivity index is 1.48. The van der Waals surface area contributed by atoms with Gasteiger partial charge in [0.2, 0.25) is 0 Å². The predicted octanol–water partition coefficient (Wildman–Crippen LogP) is 4.65. The van der Waals surface area contributed by atoms with Crippen LogP contribution in [0.15, 0.2) is 53.2 Å². The number of carbonyl (C=O) groups excluding carboxylic acids is 1. The van der Waals surface area contributed by atoms with Crippen molar-refractivity contribution >= 4 is 34.6 Å². The summed E-state index contributed by atoms with van der Waals surface area (Å²) >= 11 is 6.01. The molecule has 1 atom stereocenters. The number of amides is 1. The van der Waals surface area contributed by atoms with Gasteiger partial charge in [-0.2, -0.15) is 33.1 Å². The lowest BCUT2D eigenvalue weighted by Crippen LogP contribution is -2.49. The molecule has 2 aromatic heterocycles.